The standard InChI is InChI=1S/C12H6BrNOS2/c1-2-14-11(15)10(17-12(14)16)7-8-4-3-5-9(13)6-8/h1,3-7H/b10-7-. The lowest BCUT2D eigenvalue weighted by Crippen LogP contribution is -2.21. The fourth-order valence-corrected chi connectivity index (χ4v) is 2.94. The second kappa shape index (κ2) is 5.05. The molecule has 1 heterocycles. The van der Waals surface area contributed by atoms with Crippen LogP contribution in [-0.4, -0.2) is 15.1 Å². The van der Waals surface area contributed by atoms with Gasteiger partial charge in [0.15, 0.2) is 4.32 Å². The Balaban J connectivity index is 2.34. The average Bonchev–Trinajstić information content (AvgIpc) is 2.54. The molecule has 1 fully saturated rings. The van der Waals surface area contributed by atoms with Crippen molar-refractivity contribution in [2.24, 2.45) is 0 Å². The molecular weight excluding hydrogens is 318 g/mol. The van der Waals surface area contributed by atoms with E-state index >= 15 is 0 Å². The molecule has 1 aromatic carbocycles. The minimum Gasteiger partial charge on any atom is -0.267 e. The topological polar surface area (TPSA) is 20.3 Å². The van der Waals surface area contributed by atoms with Gasteiger partial charge in [-0.05, 0) is 23.8 Å². The van der Waals surface area contributed by atoms with E-state index in [1.54, 1.807) is 6.08 Å². The lowest BCUT2D eigenvalue weighted by molar-refractivity contribution is -0.120. The van der Waals surface area contributed by atoms with E-state index in [2.05, 4.69) is 22.0 Å². The number of amides is 1. The van der Waals surface area contributed by atoms with Gasteiger partial charge in [-0.15, -0.1) is 0 Å². The number of carbonyl (C=O) groups excluding carboxylic acids is 1. The summed E-state index contributed by atoms with van der Waals surface area (Å²) in [6.07, 6.45) is 6.99. The molecular formula is C12H6BrNOS2. The summed E-state index contributed by atoms with van der Waals surface area (Å²) in [5.41, 5.74) is 0.928. The maximum absolute atomic E-state index is 11.8. The summed E-state index contributed by atoms with van der Waals surface area (Å²) in [6, 6.07) is 9.91. The molecule has 17 heavy (non-hydrogen) atoms. The zero-order valence-electron chi connectivity index (χ0n) is 8.51. The van der Waals surface area contributed by atoms with Crippen LogP contribution in [0.5, 0.6) is 0 Å². The van der Waals surface area contributed by atoms with Crippen LogP contribution in [0.3, 0.4) is 0 Å². The van der Waals surface area contributed by atoms with Gasteiger partial charge in [0, 0.05) is 10.5 Å². The van der Waals surface area contributed by atoms with Gasteiger partial charge in [0.05, 0.1) is 4.91 Å². The van der Waals surface area contributed by atoms with E-state index < -0.39 is 0 Å². The van der Waals surface area contributed by atoms with Crippen LogP contribution in [0, 0.1) is 12.5 Å². The van der Waals surface area contributed by atoms with Crippen molar-refractivity contribution >= 4 is 56.2 Å². The molecule has 1 saturated heterocycles. The van der Waals surface area contributed by atoms with E-state index in [9.17, 15) is 4.79 Å². The van der Waals surface area contributed by atoms with Crippen LogP contribution < -0.4 is 0 Å². The number of rotatable bonds is 1. The summed E-state index contributed by atoms with van der Waals surface area (Å²) in [4.78, 5) is 13.5. The zero-order chi connectivity index (χ0) is 12.4. The van der Waals surface area contributed by atoms with Crippen LogP contribution in [-0.2, 0) is 4.79 Å². The molecule has 0 unspecified atom stereocenters. The third-order valence-electron chi connectivity index (χ3n) is 2.07. The van der Waals surface area contributed by atoms with Crippen molar-refractivity contribution in [1.82, 2.24) is 4.90 Å². The minimum atomic E-state index is -0.234. The first-order chi connectivity index (χ1) is 8.11. The molecule has 0 atom stereocenters. The molecule has 1 amide bonds. The number of nitrogens with zero attached hydrogens (tertiary/aromatic N) is 1. The van der Waals surface area contributed by atoms with Gasteiger partial charge in [-0.3, -0.25) is 4.79 Å². The first kappa shape index (κ1) is 12.4. The Morgan fingerprint density at radius 2 is 2.29 bits per heavy atom. The fraction of sp³-hybridized carbons (Fsp3) is 0. The zero-order valence-corrected chi connectivity index (χ0v) is 11.7. The van der Waals surface area contributed by atoms with Crippen molar-refractivity contribution in [2.75, 3.05) is 0 Å². The normalized spacial score (nSPS) is 17.6. The molecule has 5 heteroatoms. The average molecular weight is 324 g/mol. The van der Waals surface area contributed by atoms with E-state index in [1.807, 2.05) is 24.3 Å². The summed E-state index contributed by atoms with van der Waals surface area (Å²) in [7, 11) is 0. The second-order valence-corrected chi connectivity index (χ2v) is 5.79. The number of thiocarbonyl (C=S) groups is 1. The Hall–Kier alpha value is -1.09. The van der Waals surface area contributed by atoms with Gasteiger partial charge in [-0.1, -0.05) is 58.5 Å². The Labute approximate surface area is 117 Å². The predicted octanol–water partition coefficient (Wildman–Crippen LogP) is 3.24. The van der Waals surface area contributed by atoms with E-state index in [1.165, 1.54) is 11.8 Å². The van der Waals surface area contributed by atoms with Crippen LogP contribution in [0.1, 0.15) is 5.56 Å². The van der Waals surface area contributed by atoms with E-state index in [-0.39, 0.29) is 5.91 Å². The molecule has 0 N–H and O–H groups in total. The van der Waals surface area contributed by atoms with Crippen molar-refractivity contribution in [2.45, 2.75) is 0 Å². The molecule has 0 saturated carbocycles. The number of terminal acetylenes is 1. The SMILES string of the molecule is C#CN1C(=O)/C(=C/c2cccc(Br)c2)SC1=S. The van der Waals surface area contributed by atoms with Crippen molar-refractivity contribution in [3.05, 3.63) is 39.2 Å². The Morgan fingerprint density at radius 3 is 2.88 bits per heavy atom. The summed E-state index contributed by atoms with van der Waals surface area (Å²) in [5, 5.41) is 0. The van der Waals surface area contributed by atoms with Gasteiger partial charge in [0.25, 0.3) is 5.91 Å². The first-order valence-electron chi connectivity index (χ1n) is 4.61. The molecule has 0 aromatic heterocycles. The van der Waals surface area contributed by atoms with E-state index in [0.29, 0.717) is 9.23 Å². The molecule has 2 nitrogen and oxygen atoms in total. The number of hydrogen-bond donors (Lipinski definition) is 0. The number of thioether (sulfide) groups is 1. The van der Waals surface area contributed by atoms with Gasteiger partial charge >= 0.3 is 0 Å². The minimum absolute atomic E-state index is 0.234. The first-order valence-corrected chi connectivity index (χ1v) is 6.63. The number of hydrogen-bond acceptors (Lipinski definition) is 3. The maximum Gasteiger partial charge on any atom is 0.278 e. The third-order valence-corrected chi connectivity index (χ3v) is 3.86. The smallest absolute Gasteiger partial charge is 0.267 e. The number of carbonyl (C=O) groups is 1. The number of benzene rings is 1. The monoisotopic (exact) mass is 323 g/mol. The Bertz CT molecular complexity index is 574. The largest absolute Gasteiger partial charge is 0.278 e. The molecule has 0 spiro atoms. The fourth-order valence-electron chi connectivity index (χ4n) is 1.33. The molecule has 0 bridgehead atoms. The predicted molar refractivity (Wildman–Crippen MR) is 78.0 cm³/mol. The highest BCUT2D eigenvalue weighted by Gasteiger charge is 2.30. The molecule has 84 valence electrons. The summed E-state index contributed by atoms with van der Waals surface area (Å²) in [5.74, 6) is -0.234. The highest BCUT2D eigenvalue weighted by molar-refractivity contribution is 9.10. The van der Waals surface area contributed by atoms with Crippen LogP contribution in [0.15, 0.2) is 33.6 Å². The second-order valence-electron chi connectivity index (χ2n) is 3.20. The molecule has 1 aliphatic rings. The van der Waals surface area contributed by atoms with Crippen molar-refractivity contribution in [3.8, 4) is 12.5 Å². The molecule has 1 aromatic rings. The van der Waals surface area contributed by atoms with Crippen molar-refractivity contribution in [1.29, 1.82) is 0 Å². The molecule has 1 aliphatic heterocycles. The van der Waals surface area contributed by atoms with Gasteiger partial charge < -0.3 is 0 Å². The van der Waals surface area contributed by atoms with Gasteiger partial charge in [0.2, 0.25) is 0 Å². The highest BCUT2D eigenvalue weighted by atomic mass is 79.9. The Kier molecular flexibility index (Phi) is 3.67. The van der Waals surface area contributed by atoms with Crippen LogP contribution >= 0.6 is 39.9 Å². The van der Waals surface area contributed by atoms with Crippen molar-refractivity contribution in [3.63, 3.8) is 0 Å². The summed E-state index contributed by atoms with van der Waals surface area (Å²) >= 11 is 9.60. The van der Waals surface area contributed by atoms with Crippen LogP contribution in [0.2, 0.25) is 0 Å². The molecule has 0 aliphatic carbocycles. The lowest BCUT2D eigenvalue weighted by atomic mass is 10.2. The van der Waals surface area contributed by atoms with Crippen molar-refractivity contribution < 1.29 is 4.79 Å². The summed E-state index contributed by atoms with van der Waals surface area (Å²) < 4.78 is 1.36. The maximum atomic E-state index is 11.8. The molecule has 2 rings (SSSR count). The van der Waals surface area contributed by atoms with E-state index in [0.717, 1.165) is 14.9 Å². The van der Waals surface area contributed by atoms with Gasteiger partial charge in [-0.2, -0.15) is 0 Å². The van der Waals surface area contributed by atoms with Crippen LogP contribution in [0.4, 0.5) is 0 Å². The lowest BCUT2D eigenvalue weighted by Gasteiger charge is -2.01. The summed E-state index contributed by atoms with van der Waals surface area (Å²) in [6.45, 7) is 0. The number of halogens is 1. The Morgan fingerprint density at radius 1 is 1.53 bits per heavy atom. The van der Waals surface area contributed by atoms with Crippen LogP contribution in [0.25, 0.3) is 6.08 Å². The molecule has 0 radical (unpaired) electrons. The van der Waals surface area contributed by atoms with Gasteiger partial charge in [-0.25, -0.2) is 4.90 Å². The quantitative estimate of drug-likeness (QED) is 0.449. The third kappa shape index (κ3) is 2.60. The van der Waals surface area contributed by atoms with E-state index in [4.69, 9.17) is 18.6 Å². The highest BCUT2D eigenvalue weighted by Crippen LogP contribution is 2.32. The van der Waals surface area contributed by atoms with Gasteiger partial charge in [0.1, 0.15) is 0 Å².